The summed E-state index contributed by atoms with van der Waals surface area (Å²) in [5.74, 6) is 0.455. The van der Waals surface area contributed by atoms with Gasteiger partial charge in [0.15, 0.2) is 0 Å². The average Bonchev–Trinajstić information content (AvgIpc) is 2.94. The van der Waals surface area contributed by atoms with Crippen molar-refractivity contribution in [1.82, 2.24) is 15.5 Å². The van der Waals surface area contributed by atoms with Crippen molar-refractivity contribution < 1.29 is 4.79 Å². The molecule has 1 aromatic heterocycles. The molecule has 20 heavy (non-hydrogen) atoms. The van der Waals surface area contributed by atoms with Gasteiger partial charge in [0, 0.05) is 16.7 Å². The van der Waals surface area contributed by atoms with Crippen molar-refractivity contribution in [3.05, 3.63) is 47.3 Å². The zero-order valence-electron chi connectivity index (χ0n) is 11.9. The van der Waals surface area contributed by atoms with Crippen LogP contribution in [0.5, 0.6) is 0 Å². The van der Waals surface area contributed by atoms with Crippen LogP contribution in [-0.4, -0.2) is 21.9 Å². The summed E-state index contributed by atoms with van der Waals surface area (Å²) in [6.45, 7) is 6.07. The van der Waals surface area contributed by atoms with Gasteiger partial charge in [-0.2, -0.15) is 5.10 Å². The number of hydrogen-bond acceptors (Lipinski definition) is 3. The van der Waals surface area contributed by atoms with Crippen LogP contribution in [0.4, 0.5) is 0 Å². The fourth-order valence-corrected chi connectivity index (χ4v) is 2.81. The lowest BCUT2D eigenvalue weighted by atomic mass is 10.2. The highest BCUT2D eigenvalue weighted by Crippen LogP contribution is 2.23. The summed E-state index contributed by atoms with van der Waals surface area (Å²) in [7, 11) is 0. The number of nitrogens with one attached hydrogen (secondary N) is 2. The van der Waals surface area contributed by atoms with Crippen LogP contribution in [0.3, 0.4) is 0 Å². The van der Waals surface area contributed by atoms with Crippen LogP contribution < -0.4 is 5.32 Å². The quantitative estimate of drug-likeness (QED) is 0.832. The Labute approximate surface area is 123 Å². The third-order valence-electron chi connectivity index (χ3n) is 3.10. The summed E-state index contributed by atoms with van der Waals surface area (Å²) in [6, 6.07) is 6.26. The van der Waals surface area contributed by atoms with Crippen LogP contribution in [-0.2, 0) is 4.79 Å². The number of benzene rings is 1. The summed E-state index contributed by atoms with van der Waals surface area (Å²) < 4.78 is 0. The highest BCUT2D eigenvalue weighted by Gasteiger charge is 2.11. The van der Waals surface area contributed by atoms with Crippen LogP contribution in [0.2, 0.25) is 0 Å². The third kappa shape index (κ3) is 3.87. The minimum absolute atomic E-state index is 0.0274. The van der Waals surface area contributed by atoms with E-state index in [0.717, 1.165) is 10.5 Å². The number of carbonyl (C=O) groups excluding carboxylic acids is 1. The van der Waals surface area contributed by atoms with Gasteiger partial charge in [-0.3, -0.25) is 9.89 Å². The molecule has 106 valence electrons. The predicted molar refractivity (Wildman–Crippen MR) is 81.8 cm³/mol. The van der Waals surface area contributed by atoms with Gasteiger partial charge in [-0.05, 0) is 32.4 Å². The second-order valence-corrected chi connectivity index (χ2v) is 5.90. The fraction of sp³-hybridized carbons (Fsp3) is 0.333. The molecule has 1 aromatic carbocycles. The van der Waals surface area contributed by atoms with Crippen LogP contribution >= 0.6 is 11.8 Å². The molecule has 0 spiro atoms. The lowest BCUT2D eigenvalue weighted by molar-refractivity contribution is -0.119. The Morgan fingerprint density at radius 3 is 2.95 bits per heavy atom. The number of nitrogens with zero attached hydrogens (tertiary/aromatic N) is 1. The van der Waals surface area contributed by atoms with Crippen LogP contribution in [0.25, 0.3) is 0 Å². The minimum Gasteiger partial charge on any atom is -0.349 e. The van der Waals surface area contributed by atoms with Gasteiger partial charge >= 0.3 is 0 Å². The molecular formula is C15H19N3OS. The first-order valence-electron chi connectivity index (χ1n) is 6.54. The molecule has 0 bridgehead atoms. The molecular weight excluding hydrogens is 270 g/mol. The van der Waals surface area contributed by atoms with E-state index in [1.165, 1.54) is 11.1 Å². The molecule has 1 amide bonds. The SMILES string of the molecule is Cc1ccc(C)c(SCC(=O)NC(C)c2cn[nH]c2)c1. The Kier molecular flexibility index (Phi) is 4.84. The van der Waals surface area contributed by atoms with Gasteiger partial charge in [0.25, 0.3) is 0 Å². The fourth-order valence-electron chi connectivity index (χ4n) is 1.87. The molecule has 2 rings (SSSR count). The maximum atomic E-state index is 12.0. The third-order valence-corrected chi connectivity index (χ3v) is 4.26. The Hall–Kier alpha value is -1.75. The van der Waals surface area contributed by atoms with E-state index in [1.807, 2.05) is 6.92 Å². The highest BCUT2D eigenvalue weighted by atomic mass is 32.2. The zero-order chi connectivity index (χ0) is 14.5. The number of hydrogen-bond donors (Lipinski definition) is 2. The molecule has 0 aliphatic rings. The van der Waals surface area contributed by atoms with E-state index in [2.05, 4.69) is 47.6 Å². The lowest BCUT2D eigenvalue weighted by Gasteiger charge is -2.12. The Morgan fingerprint density at radius 2 is 2.25 bits per heavy atom. The first-order valence-corrected chi connectivity index (χ1v) is 7.53. The molecule has 0 aliphatic carbocycles. The number of aryl methyl sites for hydroxylation is 2. The Bertz CT molecular complexity index is 581. The number of H-pyrrole nitrogens is 1. The number of thioether (sulfide) groups is 1. The summed E-state index contributed by atoms with van der Waals surface area (Å²) in [5, 5.41) is 9.60. The largest absolute Gasteiger partial charge is 0.349 e. The van der Waals surface area contributed by atoms with Gasteiger partial charge in [0.1, 0.15) is 0 Å². The van der Waals surface area contributed by atoms with Crippen molar-refractivity contribution in [1.29, 1.82) is 0 Å². The minimum atomic E-state index is -0.0274. The summed E-state index contributed by atoms with van der Waals surface area (Å²) in [5.41, 5.74) is 3.40. The Morgan fingerprint density at radius 1 is 1.45 bits per heavy atom. The standard InChI is InChI=1S/C15H19N3OS/c1-10-4-5-11(2)14(6-10)20-9-15(19)18-12(3)13-7-16-17-8-13/h4-8,12H,9H2,1-3H3,(H,16,17)(H,18,19). The van der Waals surface area contributed by atoms with Crippen LogP contribution in [0.15, 0.2) is 35.5 Å². The van der Waals surface area contributed by atoms with E-state index >= 15 is 0 Å². The van der Waals surface area contributed by atoms with E-state index in [-0.39, 0.29) is 11.9 Å². The van der Waals surface area contributed by atoms with Crippen molar-refractivity contribution in [2.24, 2.45) is 0 Å². The van der Waals surface area contributed by atoms with Crippen LogP contribution in [0.1, 0.15) is 29.7 Å². The maximum Gasteiger partial charge on any atom is 0.230 e. The van der Waals surface area contributed by atoms with Crippen LogP contribution in [0, 0.1) is 13.8 Å². The van der Waals surface area contributed by atoms with Gasteiger partial charge in [0.05, 0.1) is 18.0 Å². The van der Waals surface area contributed by atoms with Gasteiger partial charge in [-0.15, -0.1) is 11.8 Å². The predicted octanol–water partition coefficient (Wildman–Crippen LogP) is 3.00. The molecule has 0 aliphatic heterocycles. The van der Waals surface area contributed by atoms with Crippen molar-refractivity contribution in [2.75, 3.05) is 5.75 Å². The number of amides is 1. The summed E-state index contributed by atoms with van der Waals surface area (Å²) >= 11 is 1.57. The molecule has 0 saturated heterocycles. The number of rotatable bonds is 5. The topological polar surface area (TPSA) is 57.8 Å². The average molecular weight is 289 g/mol. The van der Waals surface area contributed by atoms with Gasteiger partial charge in [-0.1, -0.05) is 17.7 Å². The second kappa shape index (κ2) is 6.61. The Balaban J connectivity index is 1.87. The molecule has 0 fully saturated rings. The second-order valence-electron chi connectivity index (χ2n) is 4.88. The van der Waals surface area contributed by atoms with Crippen molar-refractivity contribution in [3.63, 3.8) is 0 Å². The monoisotopic (exact) mass is 289 g/mol. The van der Waals surface area contributed by atoms with E-state index in [9.17, 15) is 4.79 Å². The van der Waals surface area contributed by atoms with Crippen molar-refractivity contribution in [3.8, 4) is 0 Å². The number of aromatic amines is 1. The first kappa shape index (κ1) is 14.7. The van der Waals surface area contributed by atoms with Gasteiger partial charge in [-0.25, -0.2) is 0 Å². The smallest absolute Gasteiger partial charge is 0.230 e. The van der Waals surface area contributed by atoms with E-state index in [1.54, 1.807) is 24.2 Å². The zero-order valence-corrected chi connectivity index (χ0v) is 12.8. The van der Waals surface area contributed by atoms with E-state index in [4.69, 9.17) is 0 Å². The van der Waals surface area contributed by atoms with Gasteiger partial charge in [0.2, 0.25) is 5.91 Å². The summed E-state index contributed by atoms with van der Waals surface area (Å²) in [4.78, 5) is 13.1. The normalized spacial score (nSPS) is 12.2. The summed E-state index contributed by atoms with van der Waals surface area (Å²) in [6.07, 6.45) is 3.52. The first-order chi connectivity index (χ1) is 9.56. The molecule has 0 radical (unpaired) electrons. The molecule has 5 heteroatoms. The van der Waals surface area contributed by atoms with Gasteiger partial charge < -0.3 is 5.32 Å². The van der Waals surface area contributed by atoms with Crippen molar-refractivity contribution in [2.45, 2.75) is 31.7 Å². The maximum absolute atomic E-state index is 12.0. The molecule has 1 atom stereocenters. The molecule has 2 N–H and O–H groups in total. The lowest BCUT2D eigenvalue weighted by Crippen LogP contribution is -2.27. The molecule has 1 unspecified atom stereocenters. The molecule has 2 aromatic rings. The molecule has 1 heterocycles. The van der Waals surface area contributed by atoms with E-state index < -0.39 is 0 Å². The van der Waals surface area contributed by atoms with E-state index in [0.29, 0.717) is 5.75 Å². The molecule has 4 nitrogen and oxygen atoms in total. The number of aromatic nitrogens is 2. The molecule has 0 saturated carbocycles. The van der Waals surface area contributed by atoms with Crippen molar-refractivity contribution >= 4 is 17.7 Å². The highest BCUT2D eigenvalue weighted by molar-refractivity contribution is 8.00. The number of carbonyl (C=O) groups is 1.